The summed E-state index contributed by atoms with van der Waals surface area (Å²) in [6.07, 6.45) is 7.43. The number of amides is 1. The lowest BCUT2D eigenvalue weighted by molar-refractivity contribution is -0.123. The van der Waals surface area contributed by atoms with Crippen LogP contribution in [0.2, 0.25) is 0 Å². The summed E-state index contributed by atoms with van der Waals surface area (Å²) in [7, 11) is 0. The van der Waals surface area contributed by atoms with E-state index in [2.05, 4.69) is 10.4 Å². The minimum Gasteiger partial charge on any atom is -0.388 e. The average Bonchev–Trinajstić information content (AvgIpc) is 2.99. The van der Waals surface area contributed by atoms with E-state index in [1.165, 1.54) is 0 Å². The lowest BCUT2D eigenvalue weighted by Gasteiger charge is -2.36. The quantitative estimate of drug-likeness (QED) is 0.855. The zero-order valence-corrected chi connectivity index (χ0v) is 12.5. The molecule has 0 radical (unpaired) electrons. The third-order valence-corrected chi connectivity index (χ3v) is 4.20. The van der Waals surface area contributed by atoms with Crippen LogP contribution >= 0.6 is 0 Å². The van der Waals surface area contributed by atoms with E-state index in [0.717, 1.165) is 30.5 Å². The summed E-state index contributed by atoms with van der Waals surface area (Å²) >= 11 is 0. The standard InChI is InChI=1S/C17H21N3O2/c21-16(18-13-17(22)9-4-10-17)8-7-14-11-19-20(12-14)15-5-2-1-3-6-15/h1-3,5-6,11-12,22H,4,7-10,13H2,(H,18,21). The van der Waals surface area contributed by atoms with Crippen molar-refractivity contribution in [3.05, 3.63) is 48.3 Å². The highest BCUT2D eigenvalue weighted by Crippen LogP contribution is 2.30. The van der Waals surface area contributed by atoms with Crippen LogP contribution in [0.25, 0.3) is 5.69 Å². The lowest BCUT2D eigenvalue weighted by atomic mass is 9.80. The van der Waals surface area contributed by atoms with Gasteiger partial charge in [0.1, 0.15) is 0 Å². The number of aliphatic hydroxyl groups is 1. The summed E-state index contributed by atoms with van der Waals surface area (Å²) in [4.78, 5) is 11.8. The molecule has 1 aromatic carbocycles. The highest BCUT2D eigenvalue weighted by Gasteiger charge is 2.34. The van der Waals surface area contributed by atoms with Gasteiger partial charge in [-0.15, -0.1) is 0 Å². The average molecular weight is 299 g/mol. The molecular formula is C17H21N3O2. The van der Waals surface area contributed by atoms with Crippen LogP contribution in [0, 0.1) is 0 Å². The third-order valence-electron chi connectivity index (χ3n) is 4.20. The van der Waals surface area contributed by atoms with Crippen LogP contribution in [-0.2, 0) is 11.2 Å². The number of para-hydroxylation sites is 1. The predicted molar refractivity (Wildman–Crippen MR) is 83.7 cm³/mol. The topological polar surface area (TPSA) is 67.2 Å². The van der Waals surface area contributed by atoms with E-state index in [1.54, 1.807) is 6.20 Å². The summed E-state index contributed by atoms with van der Waals surface area (Å²) in [6, 6.07) is 9.88. The van der Waals surface area contributed by atoms with E-state index in [9.17, 15) is 9.90 Å². The van der Waals surface area contributed by atoms with Crippen molar-refractivity contribution in [1.29, 1.82) is 0 Å². The first-order chi connectivity index (χ1) is 10.6. The molecule has 22 heavy (non-hydrogen) atoms. The molecule has 5 heteroatoms. The van der Waals surface area contributed by atoms with Crippen LogP contribution in [0.15, 0.2) is 42.7 Å². The SMILES string of the molecule is O=C(CCc1cnn(-c2ccccc2)c1)NCC1(O)CCC1. The Morgan fingerprint density at radius 1 is 1.32 bits per heavy atom. The van der Waals surface area contributed by atoms with Gasteiger partial charge >= 0.3 is 0 Å². The minimum atomic E-state index is -0.659. The van der Waals surface area contributed by atoms with Crippen molar-refractivity contribution in [3.63, 3.8) is 0 Å². The molecule has 0 spiro atoms. The number of hydrogen-bond acceptors (Lipinski definition) is 3. The largest absolute Gasteiger partial charge is 0.388 e. The van der Waals surface area contributed by atoms with Gasteiger partial charge in [-0.1, -0.05) is 18.2 Å². The molecule has 1 amide bonds. The zero-order valence-electron chi connectivity index (χ0n) is 12.5. The second-order valence-electron chi connectivity index (χ2n) is 5.98. The molecule has 1 fully saturated rings. The van der Waals surface area contributed by atoms with Crippen molar-refractivity contribution in [1.82, 2.24) is 15.1 Å². The Kier molecular flexibility index (Phi) is 4.24. The molecule has 0 atom stereocenters. The number of carbonyl (C=O) groups is 1. The van der Waals surface area contributed by atoms with Crippen molar-refractivity contribution in [3.8, 4) is 5.69 Å². The number of rotatable bonds is 6. The Bertz CT molecular complexity index is 632. The van der Waals surface area contributed by atoms with Crippen molar-refractivity contribution >= 4 is 5.91 Å². The third kappa shape index (κ3) is 3.54. The van der Waals surface area contributed by atoms with Gasteiger partial charge in [0, 0.05) is 19.2 Å². The monoisotopic (exact) mass is 299 g/mol. The van der Waals surface area contributed by atoms with Gasteiger partial charge in [0.05, 0.1) is 17.5 Å². The smallest absolute Gasteiger partial charge is 0.220 e. The fraction of sp³-hybridized carbons (Fsp3) is 0.412. The second-order valence-corrected chi connectivity index (χ2v) is 5.98. The Morgan fingerprint density at radius 2 is 2.09 bits per heavy atom. The maximum Gasteiger partial charge on any atom is 0.220 e. The highest BCUT2D eigenvalue weighted by molar-refractivity contribution is 5.76. The van der Waals surface area contributed by atoms with Crippen LogP contribution in [0.3, 0.4) is 0 Å². The highest BCUT2D eigenvalue weighted by atomic mass is 16.3. The first-order valence-corrected chi connectivity index (χ1v) is 7.73. The van der Waals surface area contributed by atoms with Crippen molar-refractivity contribution < 1.29 is 9.90 Å². The Labute approximate surface area is 130 Å². The maximum absolute atomic E-state index is 11.8. The van der Waals surface area contributed by atoms with E-state index in [1.807, 2.05) is 41.2 Å². The van der Waals surface area contributed by atoms with E-state index in [4.69, 9.17) is 0 Å². The molecule has 5 nitrogen and oxygen atoms in total. The molecule has 3 rings (SSSR count). The van der Waals surface area contributed by atoms with Crippen LogP contribution in [0.4, 0.5) is 0 Å². The summed E-state index contributed by atoms with van der Waals surface area (Å²) in [5, 5.41) is 17.1. The van der Waals surface area contributed by atoms with Crippen LogP contribution in [0.1, 0.15) is 31.2 Å². The van der Waals surface area contributed by atoms with Gasteiger partial charge in [-0.3, -0.25) is 4.79 Å². The van der Waals surface area contributed by atoms with Gasteiger partial charge in [0.25, 0.3) is 0 Å². The Morgan fingerprint density at radius 3 is 2.77 bits per heavy atom. The Balaban J connectivity index is 1.47. The molecule has 0 unspecified atom stereocenters. The molecule has 0 saturated heterocycles. The van der Waals surface area contributed by atoms with E-state index in [0.29, 0.717) is 19.4 Å². The van der Waals surface area contributed by atoms with Gasteiger partial charge in [0.15, 0.2) is 0 Å². The van der Waals surface area contributed by atoms with Crippen molar-refractivity contribution in [2.24, 2.45) is 0 Å². The van der Waals surface area contributed by atoms with Crippen LogP contribution in [0.5, 0.6) is 0 Å². The predicted octanol–water partition coefficient (Wildman–Crippen LogP) is 1.84. The molecule has 1 heterocycles. The second kappa shape index (κ2) is 6.32. The number of benzene rings is 1. The molecular weight excluding hydrogens is 278 g/mol. The number of hydrogen-bond donors (Lipinski definition) is 2. The summed E-state index contributed by atoms with van der Waals surface area (Å²) in [6.45, 7) is 0.370. The van der Waals surface area contributed by atoms with E-state index in [-0.39, 0.29) is 5.91 Å². The molecule has 1 aliphatic rings. The van der Waals surface area contributed by atoms with Gasteiger partial charge < -0.3 is 10.4 Å². The first kappa shape index (κ1) is 14.8. The molecule has 2 aromatic rings. The summed E-state index contributed by atoms with van der Waals surface area (Å²) in [5.41, 5.74) is 1.38. The van der Waals surface area contributed by atoms with Crippen LogP contribution < -0.4 is 5.32 Å². The number of aryl methyl sites for hydroxylation is 1. The molecule has 116 valence electrons. The first-order valence-electron chi connectivity index (χ1n) is 7.73. The Hall–Kier alpha value is -2.14. The fourth-order valence-electron chi connectivity index (χ4n) is 2.58. The minimum absolute atomic E-state index is 0.0206. The van der Waals surface area contributed by atoms with Gasteiger partial charge in [0.2, 0.25) is 5.91 Å². The molecule has 1 saturated carbocycles. The molecule has 2 N–H and O–H groups in total. The van der Waals surface area contributed by atoms with Crippen molar-refractivity contribution in [2.45, 2.75) is 37.7 Å². The molecule has 0 aliphatic heterocycles. The van der Waals surface area contributed by atoms with Crippen molar-refractivity contribution in [2.75, 3.05) is 6.54 Å². The zero-order chi connectivity index (χ0) is 15.4. The van der Waals surface area contributed by atoms with E-state index < -0.39 is 5.60 Å². The summed E-state index contributed by atoms with van der Waals surface area (Å²) < 4.78 is 1.81. The number of aromatic nitrogens is 2. The lowest BCUT2D eigenvalue weighted by Crippen LogP contribution is -2.47. The van der Waals surface area contributed by atoms with Gasteiger partial charge in [-0.05, 0) is 43.4 Å². The molecule has 1 aromatic heterocycles. The fourth-order valence-corrected chi connectivity index (χ4v) is 2.58. The van der Waals surface area contributed by atoms with Gasteiger partial charge in [-0.25, -0.2) is 4.68 Å². The number of nitrogens with one attached hydrogen (secondary N) is 1. The van der Waals surface area contributed by atoms with Crippen LogP contribution in [-0.4, -0.2) is 32.9 Å². The number of carbonyl (C=O) groups excluding carboxylic acids is 1. The summed E-state index contributed by atoms with van der Waals surface area (Å²) in [5.74, 6) is -0.0206. The van der Waals surface area contributed by atoms with E-state index >= 15 is 0 Å². The van der Waals surface area contributed by atoms with Gasteiger partial charge in [-0.2, -0.15) is 5.10 Å². The number of nitrogens with zero attached hydrogens (tertiary/aromatic N) is 2. The molecule has 0 bridgehead atoms. The molecule has 1 aliphatic carbocycles. The normalized spacial score (nSPS) is 16.0. The maximum atomic E-state index is 11.8.